The fourth-order valence-electron chi connectivity index (χ4n) is 3.63. The summed E-state index contributed by atoms with van der Waals surface area (Å²) in [7, 11) is 0. The first-order valence-corrected chi connectivity index (χ1v) is 9.48. The quantitative estimate of drug-likeness (QED) is 0.841. The second kappa shape index (κ2) is 8.47. The van der Waals surface area contributed by atoms with E-state index in [4.69, 9.17) is 5.73 Å². The smallest absolute Gasteiger partial charge is 0.244 e. The summed E-state index contributed by atoms with van der Waals surface area (Å²) in [6.45, 7) is 4.43. The van der Waals surface area contributed by atoms with Crippen LogP contribution in [-0.4, -0.2) is 29.9 Å². The molecule has 0 bridgehead atoms. The molecule has 0 radical (unpaired) electrons. The van der Waals surface area contributed by atoms with E-state index < -0.39 is 5.54 Å². The Morgan fingerprint density at radius 2 is 1.77 bits per heavy atom. The highest BCUT2D eigenvalue weighted by Crippen LogP contribution is 2.21. The normalized spacial score (nSPS) is 20.3. The lowest BCUT2D eigenvalue weighted by Gasteiger charge is -2.36. The predicted octanol–water partition coefficient (Wildman–Crippen LogP) is 3.03. The maximum atomic E-state index is 12.7. The number of nitrogens with two attached hydrogens (primary N) is 1. The van der Waals surface area contributed by atoms with Gasteiger partial charge in [0, 0.05) is 19.1 Å². The first-order valence-electron chi connectivity index (χ1n) is 9.48. The van der Waals surface area contributed by atoms with Crippen LogP contribution in [-0.2, 0) is 16.9 Å². The number of likely N-dealkylation sites (tertiary alicyclic amines) is 1. The van der Waals surface area contributed by atoms with E-state index in [1.807, 2.05) is 36.4 Å². The number of amides is 1. The summed E-state index contributed by atoms with van der Waals surface area (Å²) in [4.78, 5) is 15.2. The standard InChI is InChI=1S/C22H29N3O/c1-22(23,19-12-6-3-7-13-19)21(26)24-16-20-14-8-9-15-25(20)17-18-10-4-2-5-11-18/h2-7,10-13,20H,8-9,14-17,23H2,1H3,(H,24,26). The van der Waals surface area contributed by atoms with Crippen LogP contribution in [0.2, 0.25) is 0 Å². The summed E-state index contributed by atoms with van der Waals surface area (Å²) in [5, 5.41) is 3.10. The first kappa shape index (κ1) is 18.6. The highest BCUT2D eigenvalue weighted by atomic mass is 16.2. The maximum absolute atomic E-state index is 12.7. The molecule has 2 aromatic carbocycles. The monoisotopic (exact) mass is 351 g/mol. The van der Waals surface area contributed by atoms with Gasteiger partial charge in [-0.3, -0.25) is 9.69 Å². The Labute approximate surface area is 156 Å². The van der Waals surface area contributed by atoms with E-state index in [-0.39, 0.29) is 5.91 Å². The highest BCUT2D eigenvalue weighted by molar-refractivity contribution is 5.87. The number of nitrogens with zero attached hydrogens (tertiary/aromatic N) is 1. The highest BCUT2D eigenvalue weighted by Gasteiger charge is 2.31. The number of nitrogens with one attached hydrogen (secondary N) is 1. The average molecular weight is 351 g/mol. The number of hydrogen-bond donors (Lipinski definition) is 2. The van der Waals surface area contributed by atoms with Crippen LogP contribution in [0.1, 0.15) is 37.3 Å². The van der Waals surface area contributed by atoms with Gasteiger partial charge in [0.15, 0.2) is 0 Å². The van der Waals surface area contributed by atoms with Crippen molar-refractivity contribution in [1.82, 2.24) is 10.2 Å². The van der Waals surface area contributed by atoms with Crippen molar-refractivity contribution in [3.63, 3.8) is 0 Å². The molecule has 3 N–H and O–H groups in total. The van der Waals surface area contributed by atoms with Gasteiger partial charge in [0.1, 0.15) is 5.54 Å². The number of hydrogen-bond acceptors (Lipinski definition) is 3. The molecule has 26 heavy (non-hydrogen) atoms. The van der Waals surface area contributed by atoms with Crippen LogP contribution in [0.3, 0.4) is 0 Å². The maximum Gasteiger partial charge on any atom is 0.244 e. The molecule has 2 unspecified atom stereocenters. The Hall–Kier alpha value is -2.17. The van der Waals surface area contributed by atoms with E-state index >= 15 is 0 Å². The number of benzene rings is 2. The molecule has 0 saturated carbocycles. The summed E-state index contributed by atoms with van der Waals surface area (Å²) >= 11 is 0. The Morgan fingerprint density at radius 3 is 2.46 bits per heavy atom. The molecule has 4 nitrogen and oxygen atoms in total. The van der Waals surface area contributed by atoms with Crippen molar-refractivity contribution in [2.75, 3.05) is 13.1 Å². The van der Waals surface area contributed by atoms with Crippen LogP contribution >= 0.6 is 0 Å². The summed E-state index contributed by atoms with van der Waals surface area (Å²) in [5.41, 5.74) is 7.47. The molecule has 1 heterocycles. The molecule has 1 fully saturated rings. The van der Waals surface area contributed by atoms with E-state index in [2.05, 4.69) is 34.5 Å². The summed E-state index contributed by atoms with van der Waals surface area (Å²) in [6, 6.07) is 20.5. The molecule has 0 aromatic heterocycles. The van der Waals surface area contributed by atoms with Gasteiger partial charge in [-0.2, -0.15) is 0 Å². The van der Waals surface area contributed by atoms with Crippen molar-refractivity contribution in [3.8, 4) is 0 Å². The lowest BCUT2D eigenvalue weighted by Crippen LogP contribution is -2.53. The number of carbonyl (C=O) groups excluding carboxylic acids is 1. The molecule has 4 heteroatoms. The van der Waals surface area contributed by atoms with Crippen molar-refractivity contribution in [2.45, 2.75) is 44.3 Å². The zero-order chi connectivity index (χ0) is 18.4. The van der Waals surface area contributed by atoms with Crippen LogP contribution in [0.5, 0.6) is 0 Å². The van der Waals surface area contributed by atoms with Gasteiger partial charge in [-0.05, 0) is 37.4 Å². The van der Waals surface area contributed by atoms with Gasteiger partial charge >= 0.3 is 0 Å². The molecule has 0 spiro atoms. The largest absolute Gasteiger partial charge is 0.353 e. The van der Waals surface area contributed by atoms with Crippen LogP contribution in [0, 0.1) is 0 Å². The van der Waals surface area contributed by atoms with Crippen molar-refractivity contribution in [3.05, 3.63) is 71.8 Å². The van der Waals surface area contributed by atoms with Gasteiger partial charge < -0.3 is 11.1 Å². The fraction of sp³-hybridized carbons (Fsp3) is 0.409. The van der Waals surface area contributed by atoms with Gasteiger partial charge in [-0.1, -0.05) is 67.1 Å². The summed E-state index contributed by atoms with van der Waals surface area (Å²) in [5.74, 6) is -0.117. The van der Waals surface area contributed by atoms with Crippen molar-refractivity contribution < 1.29 is 4.79 Å². The molecular formula is C22H29N3O. The molecule has 2 aromatic rings. The molecule has 1 saturated heterocycles. The van der Waals surface area contributed by atoms with Crippen molar-refractivity contribution >= 4 is 5.91 Å². The van der Waals surface area contributed by atoms with Crippen LogP contribution < -0.4 is 11.1 Å². The summed E-state index contributed by atoms with van der Waals surface area (Å²) in [6.07, 6.45) is 3.54. The molecule has 138 valence electrons. The first-order chi connectivity index (χ1) is 12.6. The lowest BCUT2D eigenvalue weighted by molar-refractivity contribution is -0.126. The van der Waals surface area contributed by atoms with Gasteiger partial charge in [0.2, 0.25) is 5.91 Å². The Kier molecular flexibility index (Phi) is 6.07. The minimum absolute atomic E-state index is 0.117. The predicted molar refractivity (Wildman–Crippen MR) is 105 cm³/mol. The fourth-order valence-corrected chi connectivity index (χ4v) is 3.63. The van der Waals surface area contributed by atoms with E-state index in [1.165, 1.54) is 18.4 Å². The van der Waals surface area contributed by atoms with Gasteiger partial charge in [-0.15, -0.1) is 0 Å². The second-order valence-electron chi connectivity index (χ2n) is 7.38. The van der Waals surface area contributed by atoms with Gasteiger partial charge in [-0.25, -0.2) is 0 Å². The number of piperidine rings is 1. The molecule has 2 atom stereocenters. The van der Waals surface area contributed by atoms with E-state index in [9.17, 15) is 4.79 Å². The topological polar surface area (TPSA) is 58.4 Å². The Bertz CT molecular complexity index is 700. The summed E-state index contributed by atoms with van der Waals surface area (Å²) < 4.78 is 0. The van der Waals surface area contributed by atoms with Crippen LogP contribution in [0.15, 0.2) is 60.7 Å². The Balaban J connectivity index is 1.60. The lowest BCUT2D eigenvalue weighted by atomic mass is 9.92. The van der Waals surface area contributed by atoms with Gasteiger partial charge in [0.25, 0.3) is 0 Å². The average Bonchev–Trinajstić information content (AvgIpc) is 2.68. The van der Waals surface area contributed by atoms with E-state index in [1.54, 1.807) is 6.92 Å². The molecule has 1 aliphatic rings. The molecule has 1 aliphatic heterocycles. The molecule has 3 rings (SSSR count). The minimum Gasteiger partial charge on any atom is -0.353 e. The van der Waals surface area contributed by atoms with E-state index in [0.29, 0.717) is 12.6 Å². The van der Waals surface area contributed by atoms with Crippen LogP contribution in [0.25, 0.3) is 0 Å². The number of rotatable bonds is 6. The third-order valence-electron chi connectivity index (χ3n) is 5.32. The number of carbonyl (C=O) groups is 1. The third kappa shape index (κ3) is 4.51. The second-order valence-corrected chi connectivity index (χ2v) is 7.38. The Morgan fingerprint density at radius 1 is 1.12 bits per heavy atom. The molecule has 0 aliphatic carbocycles. The van der Waals surface area contributed by atoms with Crippen molar-refractivity contribution in [1.29, 1.82) is 0 Å². The van der Waals surface area contributed by atoms with Crippen LogP contribution in [0.4, 0.5) is 0 Å². The van der Waals surface area contributed by atoms with Gasteiger partial charge in [0.05, 0.1) is 0 Å². The zero-order valence-electron chi connectivity index (χ0n) is 15.5. The molecular weight excluding hydrogens is 322 g/mol. The minimum atomic E-state index is -1.01. The zero-order valence-corrected chi connectivity index (χ0v) is 15.5. The molecule has 1 amide bonds. The SMILES string of the molecule is CC(N)(C(=O)NCC1CCCCN1Cc1ccccc1)c1ccccc1. The van der Waals surface area contributed by atoms with E-state index in [0.717, 1.165) is 25.1 Å². The third-order valence-corrected chi connectivity index (χ3v) is 5.32. The van der Waals surface area contributed by atoms with Crippen molar-refractivity contribution in [2.24, 2.45) is 5.73 Å².